The van der Waals surface area contributed by atoms with Gasteiger partial charge in [0.1, 0.15) is 0 Å². The highest BCUT2D eigenvalue weighted by Gasteiger charge is 2.12. The highest BCUT2D eigenvalue weighted by atomic mass is 127. The van der Waals surface area contributed by atoms with Crippen molar-refractivity contribution in [1.82, 2.24) is 20.0 Å². The minimum absolute atomic E-state index is 0. The van der Waals surface area contributed by atoms with Crippen molar-refractivity contribution < 1.29 is 0 Å². The number of guanidine groups is 1. The topological polar surface area (TPSA) is 34.1 Å². The van der Waals surface area contributed by atoms with E-state index < -0.39 is 0 Å². The molecule has 0 bridgehead atoms. The minimum atomic E-state index is 0. The number of hydrogen-bond donors (Lipinski definition) is 1. The maximum absolute atomic E-state index is 4.82. The lowest BCUT2D eigenvalue weighted by atomic mass is 10.1. The van der Waals surface area contributed by atoms with Gasteiger partial charge in [0.05, 0.1) is 6.54 Å². The van der Waals surface area contributed by atoms with Gasteiger partial charge in [0, 0.05) is 39.8 Å². The molecule has 0 amide bonds. The third kappa shape index (κ3) is 9.96. The zero-order chi connectivity index (χ0) is 20.2. The first-order valence-electron chi connectivity index (χ1n) is 10.7. The van der Waals surface area contributed by atoms with E-state index in [0.717, 1.165) is 45.0 Å². The van der Waals surface area contributed by atoms with Crippen LogP contribution in [0.25, 0.3) is 0 Å². The van der Waals surface area contributed by atoms with Crippen molar-refractivity contribution in [1.29, 1.82) is 0 Å². The Morgan fingerprint density at radius 1 is 1.17 bits per heavy atom. The van der Waals surface area contributed by atoms with Gasteiger partial charge in [-0.05, 0) is 57.5 Å². The number of halogens is 1. The van der Waals surface area contributed by atoms with Gasteiger partial charge in [-0.25, -0.2) is 4.99 Å². The summed E-state index contributed by atoms with van der Waals surface area (Å²) in [6.45, 7) is 14.3. The zero-order valence-electron chi connectivity index (χ0n) is 18.6. The van der Waals surface area contributed by atoms with Crippen LogP contribution in [0.4, 0.5) is 0 Å². The Kier molecular flexibility index (Phi) is 13.2. The summed E-state index contributed by atoms with van der Waals surface area (Å²) in [5, 5.41) is 3.39. The molecule has 0 radical (unpaired) electrons. The number of hydrogen-bond acceptors (Lipinski definition) is 3. The number of nitrogens with zero attached hydrogens (tertiary/aromatic N) is 4. The molecule has 0 spiro atoms. The lowest BCUT2D eigenvalue weighted by Crippen LogP contribution is -2.39. The standard InChI is InChI=1S/C23H39N5.HI/c1-5-7-8-15-27(4)23(24-6-2)25-19-21-10-12-22(13-11-21)20-28-16-9-14-26(3)17-18-28;/h5,10-13H,1,6-9,14-20H2,2-4H3,(H,24,25);1H. The fourth-order valence-corrected chi connectivity index (χ4v) is 3.48. The molecular formula is C23H40IN5. The average molecular weight is 514 g/mol. The van der Waals surface area contributed by atoms with Crippen LogP contribution in [0.3, 0.4) is 0 Å². The number of unbranched alkanes of at least 4 members (excludes halogenated alkanes) is 1. The summed E-state index contributed by atoms with van der Waals surface area (Å²) >= 11 is 0. The molecule has 1 fully saturated rings. The van der Waals surface area contributed by atoms with E-state index in [1.807, 2.05) is 6.08 Å². The molecule has 29 heavy (non-hydrogen) atoms. The maximum atomic E-state index is 4.82. The number of nitrogens with one attached hydrogen (secondary N) is 1. The Morgan fingerprint density at radius 2 is 1.90 bits per heavy atom. The van der Waals surface area contributed by atoms with E-state index in [9.17, 15) is 0 Å². The molecule has 1 aliphatic rings. The van der Waals surface area contributed by atoms with Gasteiger partial charge in [0.15, 0.2) is 5.96 Å². The first-order chi connectivity index (χ1) is 13.6. The lowest BCUT2D eigenvalue weighted by Gasteiger charge is -2.22. The third-order valence-corrected chi connectivity index (χ3v) is 5.25. The van der Waals surface area contributed by atoms with Gasteiger partial charge in [-0.15, -0.1) is 30.6 Å². The SMILES string of the molecule is C=CCCCN(C)C(=NCc1ccc(CN2CCCN(C)CC2)cc1)NCC.I. The molecule has 2 rings (SSSR count). The smallest absolute Gasteiger partial charge is 0.193 e. The highest BCUT2D eigenvalue weighted by molar-refractivity contribution is 14.0. The van der Waals surface area contributed by atoms with Crippen LogP contribution in [0.5, 0.6) is 0 Å². The van der Waals surface area contributed by atoms with Gasteiger partial charge in [0.25, 0.3) is 0 Å². The molecule has 0 aromatic heterocycles. The molecule has 0 aliphatic carbocycles. The number of rotatable bonds is 9. The molecule has 1 aromatic rings. The molecular weight excluding hydrogens is 473 g/mol. The molecule has 5 nitrogen and oxygen atoms in total. The summed E-state index contributed by atoms with van der Waals surface area (Å²) in [5.74, 6) is 0.976. The molecule has 0 saturated carbocycles. The van der Waals surface area contributed by atoms with Crippen LogP contribution in [0, 0.1) is 0 Å². The quantitative estimate of drug-likeness (QED) is 0.179. The summed E-state index contributed by atoms with van der Waals surface area (Å²) in [4.78, 5) is 12.0. The van der Waals surface area contributed by atoms with Crippen molar-refractivity contribution in [3.8, 4) is 0 Å². The molecule has 1 saturated heterocycles. The Labute approximate surface area is 195 Å². The van der Waals surface area contributed by atoms with Gasteiger partial charge in [-0.2, -0.15) is 0 Å². The van der Waals surface area contributed by atoms with Crippen molar-refractivity contribution >= 4 is 29.9 Å². The van der Waals surface area contributed by atoms with E-state index in [1.54, 1.807) is 0 Å². The predicted octanol–water partition coefficient (Wildman–Crippen LogP) is 3.81. The average Bonchev–Trinajstić information content (AvgIpc) is 2.90. The fraction of sp³-hybridized carbons (Fsp3) is 0.609. The summed E-state index contributed by atoms with van der Waals surface area (Å²) in [7, 11) is 4.32. The first-order valence-corrected chi connectivity index (χ1v) is 10.7. The second kappa shape index (κ2) is 14.8. The number of aliphatic imine (C=N–C) groups is 1. The maximum Gasteiger partial charge on any atom is 0.193 e. The number of likely N-dealkylation sites (N-methyl/N-ethyl adjacent to an activating group) is 1. The van der Waals surface area contributed by atoms with E-state index in [1.165, 1.54) is 37.2 Å². The molecule has 1 heterocycles. The van der Waals surface area contributed by atoms with Gasteiger partial charge >= 0.3 is 0 Å². The van der Waals surface area contributed by atoms with Crippen molar-refractivity contribution in [2.75, 3.05) is 53.4 Å². The molecule has 1 aromatic carbocycles. The van der Waals surface area contributed by atoms with Crippen LogP contribution < -0.4 is 5.32 Å². The normalized spacial score (nSPS) is 16.0. The summed E-state index contributed by atoms with van der Waals surface area (Å²) in [6, 6.07) is 8.98. The van der Waals surface area contributed by atoms with Crippen molar-refractivity contribution in [3.05, 3.63) is 48.0 Å². The van der Waals surface area contributed by atoms with Crippen LogP contribution in [-0.4, -0.2) is 74.0 Å². The van der Waals surface area contributed by atoms with Gasteiger partial charge in [-0.1, -0.05) is 30.3 Å². The van der Waals surface area contributed by atoms with Gasteiger partial charge < -0.3 is 15.1 Å². The molecule has 164 valence electrons. The molecule has 0 atom stereocenters. The van der Waals surface area contributed by atoms with Crippen LogP contribution >= 0.6 is 24.0 Å². The Bertz CT molecular complexity index is 602. The Morgan fingerprint density at radius 3 is 2.59 bits per heavy atom. The van der Waals surface area contributed by atoms with E-state index in [4.69, 9.17) is 4.99 Å². The lowest BCUT2D eigenvalue weighted by molar-refractivity contribution is 0.269. The highest BCUT2D eigenvalue weighted by Crippen LogP contribution is 2.11. The second-order valence-corrected chi connectivity index (χ2v) is 7.77. The number of benzene rings is 1. The monoisotopic (exact) mass is 513 g/mol. The largest absolute Gasteiger partial charge is 0.357 e. The summed E-state index contributed by atoms with van der Waals surface area (Å²) in [5.41, 5.74) is 2.65. The van der Waals surface area contributed by atoms with E-state index in [-0.39, 0.29) is 24.0 Å². The van der Waals surface area contributed by atoms with E-state index in [2.05, 4.69) is 71.9 Å². The van der Waals surface area contributed by atoms with E-state index in [0.29, 0.717) is 6.54 Å². The van der Waals surface area contributed by atoms with Gasteiger partial charge in [0.2, 0.25) is 0 Å². The van der Waals surface area contributed by atoms with Crippen LogP contribution in [0.15, 0.2) is 41.9 Å². The minimum Gasteiger partial charge on any atom is -0.357 e. The molecule has 6 heteroatoms. The van der Waals surface area contributed by atoms with Crippen LogP contribution in [0.1, 0.15) is 37.3 Å². The van der Waals surface area contributed by atoms with Crippen LogP contribution in [-0.2, 0) is 13.1 Å². The Balaban J connectivity index is 0.00000420. The summed E-state index contributed by atoms with van der Waals surface area (Å²) < 4.78 is 0. The van der Waals surface area contributed by atoms with Gasteiger partial charge in [-0.3, -0.25) is 4.90 Å². The van der Waals surface area contributed by atoms with Crippen molar-refractivity contribution in [3.63, 3.8) is 0 Å². The number of allylic oxidation sites excluding steroid dienone is 1. The first kappa shape index (κ1) is 25.9. The van der Waals surface area contributed by atoms with Crippen molar-refractivity contribution in [2.24, 2.45) is 4.99 Å². The molecule has 1 N–H and O–H groups in total. The fourth-order valence-electron chi connectivity index (χ4n) is 3.48. The van der Waals surface area contributed by atoms with Crippen molar-refractivity contribution in [2.45, 2.75) is 39.3 Å². The predicted molar refractivity (Wildman–Crippen MR) is 136 cm³/mol. The molecule has 1 aliphatic heterocycles. The zero-order valence-corrected chi connectivity index (χ0v) is 20.9. The summed E-state index contributed by atoms with van der Waals surface area (Å²) in [6.07, 6.45) is 5.38. The second-order valence-electron chi connectivity index (χ2n) is 7.77. The Hall–Kier alpha value is -1.12. The van der Waals surface area contributed by atoms with E-state index >= 15 is 0 Å². The third-order valence-electron chi connectivity index (χ3n) is 5.25. The molecule has 0 unspecified atom stereocenters. The van der Waals surface area contributed by atoms with Crippen LogP contribution in [0.2, 0.25) is 0 Å².